The third-order valence-corrected chi connectivity index (χ3v) is 7.25. The number of fused-ring (bicyclic) bond motifs is 1. The van der Waals surface area contributed by atoms with Gasteiger partial charge in [0.1, 0.15) is 17.1 Å². The van der Waals surface area contributed by atoms with E-state index in [0.29, 0.717) is 30.3 Å². The Kier molecular flexibility index (Phi) is 7.93. The van der Waals surface area contributed by atoms with Crippen molar-refractivity contribution < 1.29 is 19.0 Å². The molecular weight excluding hydrogens is 432 g/mol. The lowest BCUT2D eigenvalue weighted by atomic mass is 10.0. The van der Waals surface area contributed by atoms with Crippen LogP contribution in [0.3, 0.4) is 0 Å². The summed E-state index contributed by atoms with van der Waals surface area (Å²) in [5.41, 5.74) is 2.32. The largest absolute Gasteiger partial charge is 0.497 e. The molecule has 1 fully saturated rings. The summed E-state index contributed by atoms with van der Waals surface area (Å²) in [6.45, 7) is 4.33. The molecule has 2 aliphatic rings. The Morgan fingerprint density at radius 3 is 2.50 bits per heavy atom. The number of hydrogen-bond donors (Lipinski definition) is 0. The SMILES string of the molecule is COC(=O)c1c(OC2CCCC2)cc(=O)n2c1CCN([C@@H](C)CCc1ccc(OC)cc1)CC2. The highest BCUT2D eigenvalue weighted by molar-refractivity contribution is 5.93. The molecule has 34 heavy (non-hydrogen) atoms. The van der Waals surface area contributed by atoms with Crippen molar-refractivity contribution >= 4 is 5.97 Å². The number of esters is 1. The molecular formula is C27H36N2O5. The molecule has 7 heteroatoms. The van der Waals surface area contributed by atoms with Gasteiger partial charge in [0, 0.05) is 43.9 Å². The van der Waals surface area contributed by atoms with Crippen molar-refractivity contribution in [1.82, 2.24) is 9.47 Å². The van der Waals surface area contributed by atoms with Crippen LogP contribution in [0.1, 0.15) is 60.6 Å². The number of hydrogen-bond acceptors (Lipinski definition) is 6. The quantitative estimate of drug-likeness (QED) is 0.548. The van der Waals surface area contributed by atoms with Gasteiger partial charge < -0.3 is 18.8 Å². The van der Waals surface area contributed by atoms with Crippen LogP contribution >= 0.6 is 0 Å². The normalized spacial score (nSPS) is 17.6. The average molecular weight is 469 g/mol. The molecule has 1 aromatic carbocycles. The first-order valence-electron chi connectivity index (χ1n) is 12.4. The topological polar surface area (TPSA) is 70.0 Å². The Hall–Kier alpha value is -2.80. The van der Waals surface area contributed by atoms with Crippen LogP contribution in [-0.2, 0) is 24.1 Å². The fourth-order valence-corrected chi connectivity index (χ4v) is 5.16. The molecule has 0 saturated heterocycles. The molecule has 1 aliphatic heterocycles. The number of benzene rings is 1. The molecule has 0 radical (unpaired) electrons. The number of carbonyl (C=O) groups is 1. The van der Waals surface area contributed by atoms with Gasteiger partial charge in [-0.2, -0.15) is 0 Å². The van der Waals surface area contributed by atoms with Crippen LogP contribution in [0.5, 0.6) is 11.5 Å². The first kappa shape index (κ1) is 24.3. The van der Waals surface area contributed by atoms with E-state index in [1.165, 1.54) is 18.7 Å². The minimum atomic E-state index is -0.433. The van der Waals surface area contributed by atoms with Gasteiger partial charge in [-0.25, -0.2) is 4.79 Å². The van der Waals surface area contributed by atoms with Crippen LogP contribution in [0.2, 0.25) is 0 Å². The molecule has 0 amide bonds. The van der Waals surface area contributed by atoms with Gasteiger partial charge in [0.25, 0.3) is 5.56 Å². The number of aryl methyl sites for hydroxylation is 1. The molecule has 1 aliphatic carbocycles. The highest BCUT2D eigenvalue weighted by atomic mass is 16.5. The van der Waals surface area contributed by atoms with Crippen LogP contribution in [0, 0.1) is 0 Å². The zero-order chi connectivity index (χ0) is 24.1. The van der Waals surface area contributed by atoms with Gasteiger partial charge in [-0.3, -0.25) is 9.69 Å². The molecule has 184 valence electrons. The molecule has 1 aromatic heterocycles. The third kappa shape index (κ3) is 5.46. The van der Waals surface area contributed by atoms with Crippen molar-refractivity contribution in [2.45, 2.75) is 70.6 Å². The minimum absolute atomic E-state index is 0.0612. The lowest BCUT2D eigenvalue weighted by molar-refractivity contribution is 0.0590. The molecule has 1 saturated carbocycles. The number of aromatic nitrogens is 1. The molecule has 0 bridgehead atoms. The summed E-state index contributed by atoms with van der Waals surface area (Å²) in [6.07, 6.45) is 6.80. The Balaban J connectivity index is 1.49. The maximum atomic E-state index is 13.0. The van der Waals surface area contributed by atoms with E-state index in [1.54, 1.807) is 11.7 Å². The first-order valence-corrected chi connectivity index (χ1v) is 12.4. The van der Waals surface area contributed by atoms with Crippen molar-refractivity contribution in [3.63, 3.8) is 0 Å². The van der Waals surface area contributed by atoms with E-state index in [-0.39, 0.29) is 11.7 Å². The summed E-state index contributed by atoms with van der Waals surface area (Å²) in [7, 11) is 3.06. The summed E-state index contributed by atoms with van der Waals surface area (Å²) < 4.78 is 18.3. The zero-order valence-electron chi connectivity index (χ0n) is 20.5. The number of methoxy groups -OCH3 is 2. The number of nitrogens with zero attached hydrogens (tertiary/aromatic N) is 2. The maximum absolute atomic E-state index is 13.0. The van der Waals surface area contributed by atoms with Crippen molar-refractivity contribution in [3.8, 4) is 11.5 Å². The monoisotopic (exact) mass is 468 g/mol. The second-order valence-electron chi connectivity index (χ2n) is 9.36. The van der Waals surface area contributed by atoms with Gasteiger partial charge in [0.05, 0.1) is 20.3 Å². The first-order chi connectivity index (χ1) is 16.5. The van der Waals surface area contributed by atoms with E-state index >= 15 is 0 Å². The lowest BCUT2D eigenvalue weighted by Gasteiger charge is -2.27. The Morgan fingerprint density at radius 2 is 1.82 bits per heavy atom. The van der Waals surface area contributed by atoms with Gasteiger partial charge in [-0.15, -0.1) is 0 Å². The molecule has 7 nitrogen and oxygen atoms in total. The summed E-state index contributed by atoms with van der Waals surface area (Å²) in [5, 5.41) is 0. The van der Waals surface area contributed by atoms with Gasteiger partial charge >= 0.3 is 5.97 Å². The number of ether oxygens (including phenoxy) is 3. The number of carbonyl (C=O) groups excluding carboxylic acids is 1. The minimum Gasteiger partial charge on any atom is -0.497 e. The van der Waals surface area contributed by atoms with Gasteiger partial charge in [-0.05, 0) is 63.1 Å². The molecule has 0 N–H and O–H groups in total. The van der Waals surface area contributed by atoms with E-state index < -0.39 is 5.97 Å². The smallest absolute Gasteiger partial charge is 0.343 e. The molecule has 4 rings (SSSR count). The summed E-state index contributed by atoms with van der Waals surface area (Å²) in [4.78, 5) is 28.2. The lowest BCUT2D eigenvalue weighted by Crippen LogP contribution is -2.36. The molecule has 2 aromatic rings. The van der Waals surface area contributed by atoms with Gasteiger partial charge in [-0.1, -0.05) is 12.1 Å². The molecule has 2 heterocycles. The summed E-state index contributed by atoms with van der Waals surface area (Å²) in [6, 6.07) is 10.0. The standard InChI is InChI=1S/C27H36N2O5/c1-19(8-9-20-10-12-21(32-2)13-11-20)28-15-14-23-26(27(31)33-3)24(34-22-6-4-5-7-22)18-25(30)29(23)17-16-28/h10-13,18-19,22H,4-9,14-17H2,1-3H3/t19-/m0/s1. The highest BCUT2D eigenvalue weighted by Crippen LogP contribution is 2.29. The van der Waals surface area contributed by atoms with E-state index in [4.69, 9.17) is 14.2 Å². The number of pyridine rings is 1. The zero-order valence-corrected chi connectivity index (χ0v) is 20.5. The van der Waals surface area contributed by atoms with Crippen molar-refractivity contribution in [2.24, 2.45) is 0 Å². The molecule has 0 spiro atoms. The van der Waals surface area contributed by atoms with E-state index in [9.17, 15) is 9.59 Å². The predicted molar refractivity (Wildman–Crippen MR) is 131 cm³/mol. The van der Waals surface area contributed by atoms with Crippen LogP contribution in [0.4, 0.5) is 0 Å². The fourth-order valence-electron chi connectivity index (χ4n) is 5.16. The third-order valence-electron chi connectivity index (χ3n) is 7.25. The van der Waals surface area contributed by atoms with Crippen molar-refractivity contribution in [3.05, 3.63) is 57.5 Å². The Bertz CT molecular complexity index is 1040. The summed E-state index contributed by atoms with van der Waals surface area (Å²) in [5.74, 6) is 0.818. The Morgan fingerprint density at radius 1 is 1.09 bits per heavy atom. The van der Waals surface area contributed by atoms with Crippen molar-refractivity contribution in [2.75, 3.05) is 27.3 Å². The van der Waals surface area contributed by atoms with Gasteiger partial charge in [0.2, 0.25) is 0 Å². The predicted octanol–water partition coefficient (Wildman–Crippen LogP) is 3.84. The van der Waals surface area contributed by atoms with Crippen molar-refractivity contribution in [1.29, 1.82) is 0 Å². The second kappa shape index (κ2) is 11.1. The van der Waals surface area contributed by atoms with E-state index in [0.717, 1.165) is 63.1 Å². The van der Waals surface area contributed by atoms with E-state index in [2.05, 4.69) is 24.0 Å². The number of rotatable bonds is 8. The fraction of sp³-hybridized carbons (Fsp3) is 0.556. The van der Waals surface area contributed by atoms with E-state index in [1.807, 2.05) is 12.1 Å². The Labute approximate surface area is 201 Å². The highest BCUT2D eigenvalue weighted by Gasteiger charge is 2.29. The van der Waals surface area contributed by atoms with Crippen LogP contribution < -0.4 is 15.0 Å². The second-order valence-corrected chi connectivity index (χ2v) is 9.36. The molecule has 1 atom stereocenters. The van der Waals surface area contributed by atoms with Crippen LogP contribution in [-0.4, -0.2) is 54.9 Å². The molecule has 0 unspecified atom stereocenters. The van der Waals surface area contributed by atoms with Crippen LogP contribution in [0.15, 0.2) is 35.1 Å². The average Bonchev–Trinajstić information content (AvgIpc) is 3.26. The summed E-state index contributed by atoms with van der Waals surface area (Å²) >= 11 is 0. The van der Waals surface area contributed by atoms with Gasteiger partial charge in [0.15, 0.2) is 0 Å². The maximum Gasteiger partial charge on any atom is 0.343 e. The van der Waals surface area contributed by atoms with Crippen LogP contribution in [0.25, 0.3) is 0 Å².